The topological polar surface area (TPSA) is 46.2 Å². The molecule has 0 aromatic heterocycles. The summed E-state index contributed by atoms with van der Waals surface area (Å²) in [7, 11) is 3.29. The first kappa shape index (κ1) is 22.3. The number of hydrogen-bond acceptors (Lipinski definition) is 5. The Morgan fingerprint density at radius 2 is 1.87 bits per heavy atom. The molecule has 2 aromatic rings. The molecule has 1 fully saturated rings. The van der Waals surface area contributed by atoms with Gasteiger partial charge in [0, 0.05) is 38.8 Å². The van der Waals surface area contributed by atoms with Crippen LogP contribution in [-0.2, 0) is 11.3 Å². The van der Waals surface area contributed by atoms with Gasteiger partial charge in [0.2, 0.25) is 0 Å². The summed E-state index contributed by atoms with van der Waals surface area (Å²) in [4.78, 5) is 4.67. The summed E-state index contributed by atoms with van der Waals surface area (Å²) >= 11 is 5.79. The predicted octanol–water partition coefficient (Wildman–Crippen LogP) is 3.63. The fraction of sp³-hybridized carbons (Fsp3) is 0.435. The molecule has 1 N–H and O–H groups in total. The van der Waals surface area contributed by atoms with Crippen molar-refractivity contribution >= 4 is 23.0 Å². The van der Waals surface area contributed by atoms with Crippen molar-refractivity contribution in [2.45, 2.75) is 13.0 Å². The van der Waals surface area contributed by atoms with Crippen molar-refractivity contribution in [2.75, 3.05) is 58.9 Å². The lowest BCUT2D eigenvalue weighted by Crippen LogP contribution is -2.40. The zero-order valence-electron chi connectivity index (χ0n) is 17.8. The maximum atomic E-state index is 5.79. The molecule has 2 aromatic carbocycles. The third-order valence-corrected chi connectivity index (χ3v) is 5.52. The number of thiocarbonyl (C=S) groups is 1. The van der Waals surface area contributed by atoms with Gasteiger partial charge in [-0.2, -0.15) is 0 Å². The van der Waals surface area contributed by atoms with Crippen LogP contribution in [0.2, 0.25) is 0 Å². The molecule has 1 aliphatic rings. The van der Waals surface area contributed by atoms with E-state index in [2.05, 4.69) is 39.4 Å². The molecule has 0 radical (unpaired) electrons. The molecule has 0 atom stereocenters. The minimum Gasteiger partial charge on any atom is -0.497 e. The summed E-state index contributed by atoms with van der Waals surface area (Å²) in [6, 6.07) is 16.1. The van der Waals surface area contributed by atoms with Crippen LogP contribution in [0.3, 0.4) is 0 Å². The van der Waals surface area contributed by atoms with Crippen LogP contribution >= 0.6 is 12.2 Å². The van der Waals surface area contributed by atoms with E-state index in [9.17, 15) is 0 Å². The maximum Gasteiger partial charge on any atom is 0.173 e. The Balaban J connectivity index is 1.66. The van der Waals surface area contributed by atoms with Crippen LogP contribution in [0.4, 0.5) is 5.69 Å². The lowest BCUT2D eigenvalue weighted by molar-refractivity contribution is 0.0368. The second-order valence-corrected chi connectivity index (χ2v) is 7.60. The van der Waals surface area contributed by atoms with Crippen molar-refractivity contribution in [3.8, 4) is 11.5 Å². The van der Waals surface area contributed by atoms with Gasteiger partial charge in [-0.05, 0) is 36.3 Å². The van der Waals surface area contributed by atoms with E-state index in [1.165, 1.54) is 5.56 Å². The van der Waals surface area contributed by atoms with Crippen LogP contribution < -0.4 is 14.8 Å². The first-order valence-electron chi connectivity index (χ1n) is 10.3. The van der Waals surface area contributed by atoms with Crippen LogP contribution in [0.25, 0.3) is 0 Å². The van der Waals surface area contributed by atoms with E-state index in [0.29, 0.717) is 10.9 Å². The third-order valence-electron chi connectivity index (χ3n) is 5.16. The fourth-order valence-corrected chi connectivity index (χ4v) is 3.73. The highest BCUT2D eigenvalue weighted by atomic mass is 32.1. The van der Waals surface area contributed by atoms with Gasteiger partial charge in [0.25, 0.3) is 0 Å². The van der Waals surface area contributed by atoms with Crippen LogP contribution in [0.5, 0.6) is 11.5 Å². The van der Waals surface area contributed by atoms with Crippen molar-refractivity contribution < 1.29 is 14.2 Å². The van der Waals surface area contributed by atoms with E-state index < -0.39 is 0 Å². The van der Waals surface area contributed by atoms with E-state index in [-0.39, 0.29) is 0 Å². The van der Waals surface area contributed by atoms with Gasteiger partial charge in [-0.15, -0.1) is 0 Å². The van der Waals surface area contributed by atoms with Crippen molar-refractivity contribution in [1.82, 2.24) is 9.80 Å². The average molecular weight is 430 g/mol. The van der Waals surface area contributed by atoms with Gasteiger partial charge in [0.05, 0.1) is 33.1 Å². The largest absolute Gasteiger partial charge is 0.497 e. The Morgan fingerprint density at radius 3 is 2.57 bits per heavy atom. The Hall–Kier alpha value is -2.35. The average Bonchev–Trinajstić information content (AvgIpc) is 2.80. The second kappa shape index (κ2) is 11.7. The highest BCUT2D eigenvalue weighted by molar-refractivity contribution is 7.80. The lowest BCUT2D eigenvalue weighted by Gasteiger charge is -2.30. The smallest absolute Gasteiger partial charge is 0.173 e. The van der Waals surface area contributed by atoms with Crippen molar-refractivity contribution in [2.24, 2.45) is 0 Å². The molecular weight excluding hydrogens is 398 g/mol. The molecule has 0 spiro atoms. The molecule has 30 heavy (non-hydrogen) atoms. The molecule has 3 rings (SSSR count). The summed E-state index contributed by atoms with van der Waals surface area (Å²) in [6.07, 6.45) is 1.04. The SMILES string of the molecule is COc1ccc(NC(=S)N(CCCN2CCOCC2)Cc2ccccc2)c(OC)c1. The fourth-order valence-electron chi connectivity index (χ4n) is 3.46. The Labute approximate surface area is 184 Å². The predicted molar refractivity (Wildman–Crippen MR) is 124 cm³/mol. The summed E-state index contributed by atoms with van der Waals surface area (Å²) in [5, 5.41) is 4.05. The highest BCUT2D eigenvalue weighted by Crippen LogP contribution is 2.29. The van der Waals surface area contributed by atoms with Crippen molar-refractivity contribution in [3.63, 3.8) is 0 Å². The molecule has 1 saturated heterocycles. The van der Waals surface area contributed by atoms with E-state index in [1.807, 2.05) is 24.3 Å². The molecule has 0 unspecified atom stereocenters. The number of hydrogen-bond donors (Lipinski definition) is 1. The van der Waals surface area contributed by atoms with Gasteiger partial charge < -0.3 is 24.4 Å². The molecule has 162 valence electrons. The van der Waals surface area contributed by atoms with Crippen LogP contribution in [0.1, 0.15) is 12.0 Å². The van der Waals surface area contributed by atoms with Gasteiger partial charge in [-0.25, -0.2) is 0 Å². The Morgan fingerprint density at radius 1 is 1.10 bits per heavy atom. The summed E-state index contributed by atoms with van der Waals surface area (Å²) < 4.78 is 16.2. The van der Waals surface area contributed by atoms with Gasteiger partial charge >= 0.3 is 0 Å². The minimum atomic E-state index is 0.685. The summed E-state index contributed by atoms with van der Waals surface area (Å²) in [5.74, 6) is 1.44. The number of ether oxygens (including phenoxy) is 3. The van der Waals surface area contributed by atoms with Crippen molar-refractivity contribution in [3.05, 3.63) is 54.1 Å². The maximum absolute atomic E-state index is 5.79. The molecule has 0 bridgehead atoms. The van der Waals surface area contributed by atoms with E-state index in [4.69, 9.17) is 26.4 Å². The standard InChI is InChI=1S/C23H31N3O3S/c1-27-20-9-10-21(22(17-20)28-2)24-23(30)26(18-19-7-4-3-5-8-19)12-6-11-25-13-15-29-16-14-25/h3-5,7-10,17H,6,11-16,18H2,1-2H3,(H,24,30). The van der Waals surface area contributed by atoms with Gasteiger partial charge in [-0.1, -0.05) is 30.3 Å². The Kier molecular flexibility index (Phi) is 8.74. The van der Waals surface area contributed by atoms with Crippen LogP contribution in [0.15, 0.2) is 48.5 Å². The van der Waals surface area contributed by atoms with E-state index >= 15 is 0 Å². The van der Waals surface area contributed by atoms with E-state index in [1.54, 1.807) is 14.2 Å². The van der Waals surface area contributed by atoms with Crippen LogP contribution in [0, 0.1) is 0 Å². The number of anilines is 1. The molecule has 0 amide bonds. The van der Waals surface area contributed by atoms with Gasteiger partial charge in [-0.3, -0.25) is 4.90 Å². The number of rotatable bonds is 9. The molecule has 1 aliphatic heterocycles. The van der Waals surface area contributed by atoms with Crippen molar-refractivity contribution in [1.29, 1.82) is 0 Å². The second-order valence-electron chi connectivity index (χ2n) is 7.21. The highest BCUT2D eigenvalue weighted by Gasteiger charge is 2.15. The Bertz CT molecular complexity index is 798. The monoisotopic (exact) mass is 429 g/mol. The third kappa shape index (κ3) is 6.58. The molecule has 0 saturated carbocycles. The van der Waals surface area contributed by atoms with Gasteiger partial charge in [0.15, 0.2) is 5.11 Å². The van der Waals surface area contributed by atoms with Crippen LogP contribution in [-0.4, -0.2) is 68.5 Å². The number of morpholine rings is 1. The zero-order valence-corrected chi connectivity index (χ0v) is 18.6. The molecular formula is C23H31N3O3S. The zero-order chi connectivity index (χ0) is 21.2. The normalized spacial score (nSPS) is 14.2. The minimum absolute atomic E-state index is 0.685. The molecule has 7 heteroatoms. The molecule has 1 heterocycles. The lowest BCUT2D eigenvalue weighted by atomic mass is 10.2. The number of benzene rings is 2. The molecule has 0 aliphatic carbocycles. The number of nitrogens with zero attached hydrogens (tertiary/aromatic N) is 2. The first-order valence-corrected chi connectivity index (χ1v) is 10.7. The summed E-state index contributed by atoms with van der Waals surface area (Å²) in [6.45, 7) is 6.33. The number of nitrogens with one attached hydrogen (secondary N) is 1. The summed E-state index contributed by atoms with van der Waals surface area (Å²) in [5.41, 5.74) is 2.06. The molecule has 6 nitrogen and oxygen atoms in total. The first-order chi connectivity index (χ1) is 14.7. The van der Waals surface area contributed by atoms with Gasteiger partial charge in [0.1, 0.15) is 11.5 Å². The quantitative estimate of drug-likeness (QED) is 0.611. The van der Waals surface area contributed by atoms with E-state index in [0.717, 1.165) is 63.8 Å². The number of methoxy groups -OCH3 is 2.